The van der Waals surface area contributed by atoms with Gasteiger partial charge in [0, 0.05) is 39.8 Å². The number of anilines is 1. The number of hydrogen-bond donors (Lipinski definition) is 0. The lowest BCUT2D eigenvalue weighted by Crippen LogP contribution is -2.52. The third-order valence-corrected chi connectivity index (χ3v) is 6.99. The van der Waals surface area contributed by atoms with Gasteiger partial charge in [-0.25, -0.2) is 8.42 Å². The van der Waals surface area contributed by atoms with Crippen LogP contribution in [0.4, 0.5) is 5.69 Å². The molecule has 3 rings (SSSR count). The molecule has 2 aromatic rings. The van der Waals surface area contributed by atoms with Gasteiger partial charge in [-0.1, -0.05) is 49.4 Å². The summed E-state index contributed by atoms with van der Waals surface area (Å²) in [5.74, 6) is 0.542. The van der Waals surface area contributed by atoms with Crippen LogP contribution in [0.1, 0.15) is 18.9 Å². The fourth-order valence-corrected chi connectivity index (χ4v) is 4.16. The maximum atomic E-state index is 13.0. The first kappa shape index (κ1) is 24.8. The van der Waals surface area contributed by atoms with Crippen LogP contribution in [-0.4, -0.2) is 76.3 Å². The zero-order valence-electron chi connectivity index (χ0n) is 19.6. The van der Waals surface area contributed by atoms with Crippen LogP contribution in [0.5, 0.6) is 5.75 Å². The van der Waals surface area contributed by atoms with Gasteiger partial charge in [-0.3, -0.25) is 14.0 Å². The number of benzene rings is 2. The van der Waals surface area contributed by atoms with E-state index in [0.717, 1.165) is 25.9 Å². The zero-order valence-corrected chi connectivity index (χ0v) is 20.4. The summed E-state index contributed by atoms with van der Waals surface area (Å²) in [7, 11) is -1.82. The van der Waals surface area contributed by atoms with Gasteiger partial charge in [0.1, 0.15) is 5.75 Å². The van der Waals surface area contributed by atoms with E-state index in [1.54, 1.807) is 24.3 Å². The molecule has 1 aliphatic heterocycles. The number of ether oxygens (including phenoxy) is 1. The molecule has 0 aliphatic carbocycles. The Hall–Kier alpha value is -2.84. The normalized spacial score (nSPS) is 16.0. The molecule has 0 radical (unpaired) electrons. The summed E-state index contributed by atoms with van der Waals surface area (Å²) >= 11 is 0. The van der Waals surface area contributed by atoms with Crippen LogP contribution in [0.25, 0.3) is 6.08 Å². The molecule has 8 heteroatoms. The molecule has 1 saturated heterocycles. The Kier molecular flexibility index (Phi) is 8.52. The molecule has 1 heterocycles. The second-order valence-electron chi connectivity index (χ2n) is 8.18. The maximum Gasteiger partial charge on any atom is 0.263 e. The van der Waals surface area contributed by atoms with Gasteiger partial charge in [-0.05, 0) is 36.2 Å². The number of rotatable bonds is 9. The van der Waals surface area contributed by atoms with Crippen molar-refractivity contribution in [3.63, 3.8) is 0 Å². The molecule has 0 N–H and O–H groups in total. The summed E-state index contributed by atoms with van der Waals surface area (Å²) in [6, 6.07) is 17.0. The predicted molar refractivity (Wildman–Crippen MR) is 133 cm³/mol. The maximum absolute atomic E-state index is 13.0. The highest BCUT2D eigenvalue weighted by molar-refractivity contribution is 7.92. The Labute approximate surface area is 197 Å². The molecular formula is C25H33N3O4S. The summed E-state index contributed by atoms with van der Waals surface area (Å²) in [6.45, 7) is 5.80. The van der Waals surface area contributed by atoms with Crippen LogP contribution in [0.2, 0.25) is 0 Å². The van der Waals surface area contributed by atoms with E-state index in [1.165, 1.54) is 16.9 Å². The average Bonchev–Trinajstić information content (AvgIpc) is 2.82. The fraction of sp³-hybridized carbons (Fsp3) is 0.400. The standard InChI is InChI=1S/C25H33N3O4S/c1-4-24(32-23-14-12-22(13-15-23)26(2)33(3,30)31)25(29)28-19-17-27(18-20-28)16-8-11-21-9-6-5-7-10-21/h5-15,24H,4,16-20H2,1-3H3/b11-8+. The molecular weight excluding hydrogens is 438 g/mol. The number of piperazine rings is 1. The van der Waals surface area contributed by atoms with Gasteiger partial charge >= 0.3 is 0 Å². The highest BCUT2D eigenvalue weighted by Crippen LogP contribution is 2.22. The van der Waals surface area contributed by atoms with E-state index in [4.69, 9.17) is 4.74 Å². The lowest BCUT2D eigenvalue weighted by molar-refractivity contribution is -0.140. The van der Waals surface area contributed by atoms with Crippen molar-refractivity contribution < 1.29 is 17.9 Å². The first-order valence-corrected chi connectivity index (χ1v) is 13.1. The van der Waals surface area contributed by atoms with Gasteiger partial charge in [0.15, 0.2) is 6.10 Å². The quantitative estimate of drug-likeness (QED) is 0.562. The van der Waals surface area contributed by atoms with E-state index >= 15 is 0 Å². The molecule has 0 spiro atoms. The van der Waals surface area contributed by atoms with Crippen molar-refractivity contribution in [2.45, 2.75) is 19.4 Å². The minimum atomic E-state index is -3.33. The molecule has 33 heavy (non-hydrogen) atoms. The van der Waals surface area contributed by atoms with Crippen molar-refractivity contribution in [3.8, 4) is 5.75 Å². The Balaban J connectivity index is 1.50. The number of carbonyl (C=O) groups is 1. The van der Waals surface area contributed by atoms with Crippen molar-refractivity contribution in [1.82, 2.24) is 9.80 Å². The van der Waals surface area contributed by atoms with Gasteiger partial charge in [0.25, 0.3) is 5.91 Å². The molecule has 0 bridgehead atoms. The monoisotopic (exact) mass is 471 g/mol. The van der Waals surface area contributed by atoms with Crippen LogP contribution < -0.4 is 9.04 Å². The molecule has 1 aliphatic rings. The lowest BCUT2D eigenvalue weighted by atomic mass is 10.2. The number of sulfonamides is 1. The predicted octanol–water partition coefficient (Wildman–Crippen LogP) is 3.10. The minimum absolute atomic E-state index is 0.00527. The van der Waals surface area contributed by atoms with Crippen LogP contribution in [0.3, 0.4) is 0 Å². The van der Waals surface area contributed by atoms with Gasteiger partial charge in [-0.2, -0.15) is 0 Å². The second kappa shape index (κ2) is 11.3. The molecule has 2 aromatic carbocycles. The van der Waals surface area contributed by atoms with Gasteiger partial charge in [0.2, 0.25) is 10.0 Å². The molecule has 0 saturated carbocycles. The van der Waals surface area contributed by atoms with Crippen LogP contribution >= 0.6 is 0 Å². The average molecular weight is 472 g/mol. The van der Waals surface area contributed by atoms with E-state index in [1.807, 2.05) is 30.0 Å². The van der Waals surface area contributed by atoms with Crippen LogP contribution in [-0.2, 0) is 14.8 Å². The first-order chi connectivity index (χ1) is 15.8. The number of amides is 1. The van der Waals surface area contributed by atoms with Crippen molar-refractivity contribution in [2.24, 2.45) is 0 Å². The lowest BCUT2D eigenvalue weighted by Gasteiger charge is -2.35. The summed E-state index contributed by atoms with van der Waals surface area (Å²) in [5.41, 5.74) is 1.73. The molecule has 1 unspecified atom stereocenters. The third kappa shape index (κ3) is 7.07. The van der Waals surface area contributed by atoms with E-state index in [2.05, 4.69) is 29.2 Å². The SMILES string of the molecule is CCC(Oc1ccc(N(C)S(C)(=O)=O)cc1)C(=O)N1CCN(C/C=C/c2ccccc2)CC1. The molecule has 0 aromatic heterocycles. The second-order valence-corrected chi connectivity index (χ2v) is 10.2. The zero-order chi connectivity index (χ0) is 23.8. The highest BCUT2D eigenvalue weighted by Gasteiger charge is 2.27. The van der Waals surface area contributed by atoms with Crippen molar-refractivity contribution in [3.05, 3.63) is 66.2 Å². The summed E-state index contributed by atoms with van der Waals surface area (Å²) in [6.07, 6.45) is 5.44. The third-order valence-electron chi connectivity index (χ3n) is 5.78. The van der Waals surface area contributed by atoms with E-state index in [-0.39, 0.29) is 5.91 Å². The fourth-order valence-electron chi connectivity index (χ4n) is 3.66. The van der Waals surface area contributed by atoms with Crippen LogP contribution in [0, 0.1) is 0 Å². The smallest absolute Gasteiger partial charge is 0.263 e. The Morgan fingerprint density at radius 2 is 1.70 bits per heavy atom. The van der Waals surface area contributed by atoms with Crippen molar-refractivity contribution in [2.75, 3.05) is 50.3 Å². The van der Waals surface area contributed by atoms with Gasteiger partial charge in [0.05, 0.1) is 11.9 Å². The molecule has 178 valence electrons. The number of nitrogens with zero attached hydrogens (tertiary/aromatic N) is 3. The van der Waals surface area contributed by atoms with Crippen LogP contribution in [0.15, 0.2) is 60.7 Å². The summed E-state index contributed by atoms with van der Waals surface area (Å²) in [5, 5.41) is 0. The summed E-state index contributed by atoms with van der Waals surface area (Å²) in [4.78, 5) is 17.2. The molecule has 1 atom stereocenters. The Morgan fingerprint density at radius 1 is 1.06 bits per heavy atom. The molecule has 1 fully saturated rings. The molecule has 7 nitrogen and oxygen atoms in total. The number of hydrogen-bond acceptors (Lipinski definition) is 5. The van der Waals surface area contributed by atoms with Crippen molar-refractivity contribution >= 4 is 27.7 Å². The highest BCUT2D eigenvalue weighted by atomic mass is 32.2. The topological polar surface area (TPSA) is 70.2 Å². The number of carbonyl (C=O) groups excluding carboxylic acids is 1. The summed E-state index contributed by atoms with van der Waals surface area (Å²) < 4.78 is 30.5. The van der Waals surface area contributed by atoms with E-state index < -0.39 is 16.1 Å². The Bertz CT molecular complexity index is 1030. The van der Waals surface area contributed by atoms with Gasteiger partial charge < -0.3 is 9.64 Å². The first-order valence-electron chi connectivity index (χ1n) is 11.2. The largest absolute Gasteiger partial charge is 0.481 e. The van der Waals surface area contributed by atoms with Gasteiger partial charge in [-0.15, -0.1) is 0 Å². The Morgan fingerprint density at radius 3 is 2.27 bits per heavy atom. The van der Waals surface area contributed by atoms with Crippen molar-refractivity contribution in [1.29, 1.82) is 0 Å². The molecule has 1 amide bonds. The van der Waals surface area contributed by atoms with E-state index in [0.29, 0.717) is 30.9 Å². The van der Waals surface area contributed by atoms with E-state index in [9.17, 15) is 13.2 Å². The minimum Gasteiger partial charge on any atom is -0.481 e.